The van der Waals surface area contributed by atoms with Crippen LogP contribution in [0.4, 0.5) is 5.69 Å². The van der Waals surface area contributed by atoms with Gasteiger partial charge in [-0.25, -0.2) is 13.1 Å². The van der Waals surface area contributed by atoms with Gasteiger partial charge in [0.15, 0.2) is 4.90 Å². The minimum absolute atomic E-state index is 0. The van der Waals surface area contributed by atoms with Crippen LogP contribution < -0.4 is 10.5 Å². The van der Waals surface area contributed by atoms with E-state index >= 15 is 0 Å². The third kappa shape index (κ3) is 5.20. The molecule has 0 aliphatic carbocycles. The molecule has 1 unspecified atom stereocenters. The molecule has 0 saturated heterocycles. The highest BCUT2D eigenvalue weighted by molar-refractivity contribution is 7.89. The highest BCUT2D eigenvalue weighted by Gasteiger charge is 2.33. The Bertz CT molecular complexity index is 621. The van der Waals surface area contributed by atoms with Crippen LogP contribution in [0.5, 0.6) is 0 Å². The SMILES string of the molecule is CC(C)CC(C)(CN)NS(=O)(=O)c1ccccc1[N+](=O)[O-].Cl. The smallest absolute Gasteiger partial charge is 0.289 e. The van der Waals surface area contributed by atoms with E-state index in [-0.39, 0.29) is 29.8 Å². The fourth-order valence-corrected chi connectivity index (χ4v) is 3.88. The summed E-state index contributed by atoms with van der Waals surface area (Å²) in [6, 6.07) is 5.25. The summed E-state index contributed by atoms with van der Waals surface area (Å²) in [7, 11) is -4.02. The lowest BCUT2D eigenvalue weighted by molar-refractivity contribution is -0.387. The normalized spacial score (nSPS) is 14.2. The second-order valence-electron chi connectivity index (χ2n) is 5.69. The summed E-state index contributed by atoms with van der Waals surface area (Å²) in [5, 5.41) is 11.0. The van der Waals surface area contributed by atoms with E-state index in [4.69, 9.17) is 5.73 Å². The Morgan fingerprint density at radius 3 is 2.36 bits per heavy atom. The number of sulfonamides is 1. The van der Waals surface area contributed by atoms with Crippen molar-refractivity contribution in [1.29, 1.82) is 0 Å². The Kier molecular flexibility index (Phi) is 7.43. The predicted octanol–water partition coefficient (Wildman–Crippen LogP) is 2.06. The molecule has 1 rings (SSSR count). The maximum atomic E-state index is 12.4. The number of nitro groups is 1. The number of nitrogens with one attached hydrogen (secondary N) is 1. The van der Waals surface area contributed by atoms with Gasteiger partial charge in [0.1, 0.15) is 0 Å². The monoisotopic (exact) mass is 351 g/mol. The van der Waals surface area contributed by atoms with E-state index in [9.17, 15) is 18.5 Å². The van der Waals surface area contributed by atoms with Gasteiger partial charge in [0.25, 0.3) is 5.69 Å². The summed E-state index contributed by atoms with van der Waals surface area (Å²) >= 11 is 0. The summed E-state index contributed by atoms with van der Waals surface area (Å²) in [4.78, 5) is 9.91. The van der Waals surface area contributed by atoms with Gasteiger partial charge in [-0.15, -0.1) is 12.4 Å². The van der Waals surface area contributed by atoms with Crippen molar-refractivity contribution in [2.24, 2.45) is 11.7 Å². The van der Waals surface area contributed by atoms with Crippen molar-refractivity contribution >= 4 is 28.1 Å². The van der Waals surface area contributed by atoms with Crippen molar-refractivity contribution < 1.29 is 13.3 Å². The molecule has 1 aromatic rings. The van der Waals surface area contributed by atoms with Crippen LogP contribution in [0.3, 0.4) is 0 Å². The number of nitrogens with zero attached hydrogens (tertiary/aromatic N) is 1. The number of rotatable bonds is 7. The predicted molar refractivity (Wildman–Crippen MR) is 87.6 cm³/mol. The molecule has 0 spiro atoms. The minimum Gasteiger partial charge on any atom is -0.329 e. The first-order valence-electron chi connectivity index (χ1n) is 6.59. The van der Waals surface area contributed by atoms with E-state index in [1.165, 1.54) is 18.2 Å². The van der Waals surface area contributed by atoms with Crippen LogP contribution in [0.15, 0.2) is 29.2 Å². The van der Waals surface area contributed by atoms with Crippen LogP contribution >= 0.6 is 12.4 Å². The van der Waals surface area contributed by atoms with Gasteiger partial charge in [-0.1, -0.05) is 26.0 Å². The van der Waals surface area contributed by atoms with Gasteiger partial charge in [-0.2, -0.15) is 0 Å². The van der Waals surface area contributed by atoms with Gasteiger partial charge in [0.2, 0.25) is 10.0 Å². The van der Waals surface area contributed by atoms with Crippen molar-refractivity contribution in [2.45, 2.75) is 37.6 Å². The van der Waals surface area contributed by atoms with Crippen molar-refractivity contribution in [1.82, 2.24) is 4.72 Å². The maximum absolute atomic E-state index is 12.4. The zero-order valence-electron chi connectivity index (χ0n) is 12.8. The Morgan fingerprint density at radius 2 is 1.91 bits per heavy atom. The molecule has 0 aliphatic rings. The molecule has 0 bridgehead atoms. The third-order valence-corrected chi connectivity index (χ3v) is 4.73. The van der Waals surface area contributed by atoms with E-state index in [2.05, 4.69) is 4.72 Å². The highest BCUT2D eigenvalue weighted by Crippen LogP contribution is 2.25. The second-order valence-corrected chi connectivity index (χ2v) is 7.34. The molecule has 22 heavy (non-hydrogen) atoms. The van der Waals surface area contributed by atoms with Gasteiger partial charge in [-0.05, 0) is 25.3 Å². The number of benzene rings is 1. The summed E-state index contributed by atoms with van der Waals surface area (Å²) in [5.74, 6) is 0.229. The molecular weight excluding hydrogens is 330 g/mol. The fourth-order valence-electron chi connectivity index (χ4n) is 2.28. The van der Waals surface area contributed by atoms with Crippen molar-refractivity contribution in [3.63, 3.8) is 0 Å². The lowest BCUT2D eigenvalue weighted by Crippen LogP contribution is -2.52. The molecule has 0 saturated carbocycles. The first-order chi connectivity index (χ1) is 9.61. The van der Waals surface area contributed by atoms with Crippen LogP contribution in [-0.2, 0) is 10.0 Å². The standard InChI is InChI=1S/C13H21N3O4S.ClH/c1-10(2)8-13(3,9-14)15-21(19,20)12-7-5-4-6-11(12)16(17)18;/h4-7,10,15H,8-9,14H2,1-3H3;1H. The van der Waals surface area contributed by atoms with Crippen LogP contribution in [-0.4, -0.2) is 25.4 Å². The minimum atomic E-state index is -4.02. The number of hydrogen-bond donors (Lipinski definition) is 2. The largest absolute Gasteiger partial charge is 0.329 e. The quantitative estimate of drug-likeness (QED) is 0.576. The molecular formula is C13H22ClN3O4S. The summed E-state index contributed by atoms with van der Waals surface area (Å²) in [6.45, 7) is 5.70. The average Bonchev–Trinajstić information content (AvgIpc) is 2.37. The molecule has 0 fully saturated rings. The van der Waals surface area contributed by atoms with Gasteiger partial charge in [0, 0.05) is 18.2 Å². The number of halogens is 1. The van der Waals surface area contributed by atoms with Crippen LogP contribution in [0.25, 0.3) is 0 Å². The number of nitrogens with two attached hydrogens (primary N) is 1. The van der Waals surface area contributed by atoms with E-state index in [1.807, 2.05) is 13.8 Å². The number of para-hydroxylation sites is 1. The average molecular weight is 352 g/mol. The fraction of sp³-hybridized carbons (Fsp3) is 0.538. The molecule has 126 valence electrons. The maximum Gasteiger partial charge on any atom is 0.289 e. The number of hydrogen-bond acceptors (Lipinski definition) is 5. The molecule has 7 nitrogen and oxygen atoms in total. The zero-order valence-corrected chi connectivity index (χ0v) is 14.4. The van der Waals surface area contributed by atoms with Gasteiger partial charge in [0.05, 0.1) is 4.92 Å². The van der Waals surface area contributed by atoms with Crippen LogP contribution in [0.1, 0.15) is 27.2 Å². The zero-order chi connectivity index (χ0) is 16.3. The number of nitro benzene ring substituents is 1. The first-order valence-corrected chi connectivity index (χ1v) is 8.07. The molecule has 1 aromatic carbocycles. The van der Waals surface area contributed by atoms with Gasteiger partial charge >= 0.3 is 0 Å². The summed E-state index contributed by atoms with van der Waals surface area (Å²) in [6.07, 6.45) is 0.531. The summed E-state index contributed by atoms with van der Waals surface area (Å²) < 4.78 is 27.4. The molecule has 0 aromatic heterocycles. The van der Waals surface area contributed by atoms with E-state index in [0.717, 1.165) is 6.07 Å². The van der Waals surface area contributed by atoms with Crippen molar-refractivity contribution in [2.75, 3.05) is 6.54 Å². The molecule has 0 radical (unpaired) electrons. The van der Waals surface area contributed by atoms with Crippen LogP contribution in [0.2, 0.25) is 0 Å². The second kappa shape index (κ2) is 7.87. The Hall–Kier alpha value is -1.22. The van der Waals surface area contributed by atoms with E-state index in [0.29, 0.717) is 6.42 Å². The molecule has 3 N–H and O–H groups in total. The van der Waals surface area contributed by atoms with Gasteiger partial charge in [-0.3, -0.25) is 10.1 Å². The van der Waals surface area contributed by atoms with Crippen LogP contribution in [0, 0.1) is 16.0 Å². The highest BCUT2D eigenvalue weighted by atomic mass is 35.5. The van der Waals surface area contributed by atoms with Crippen molar-refractivity contribution in [3.05, 3.63) is 34.4 Å². The molecule has 9 heteroatoms. The van der Waals surface area contributed by atoms with Gasteiger partial charge < -0.3 is 5.73 Å². The lowest BCUT2D eigenvalue weighted by atomic mass is 9.92. The third-order valence-electron chi connectivity index (χ3n) is 3.04. The molecule has 0 amide bonds. The lowest BCUT2D eigenvalue weighted by Gasteiger charge is -2.30. The van der Waals surface area contributed by atoms with E-state index in [1.54, 1.807) is 6.92 Å². The molecule has 1 atom stereocenters. The molecule has 0 heterocycles. The Balaban J connectivity index is 0.00000441. The van der Waals surface area contributed by atoms with E-state index < -0.39 is 26.2 Å². The molecule has 0 aliphatic heterocycles. The first kappa shape index (κ1) is 20.8. The summed E-state index contributed by atoms with van der Waals surface area (Å²) in [5.41, 5.74) is 4.38. The Morgan fingerprint density at radius 1 is 1.36 bits per heavy atom. The topological polar surface area (TPSA) is 115 Å². The Labute approximate surface area is 136 Å². The van der Waals surface area contributed by atoms with Crippen molar-refractivity contribution in [3.8, 4) is 0 Å².